The third kappa shape index (κ3) is 7.37. The molecule has 0 bridgehead atoms. The molecule has 156 valence electrons. The van der Waals surface area contributed by atoms with E-state index >= 15 is 0 Å². The molecule has 0 saturated carbocycles. The van der Waals surface area contributed by atoms with Crippen LogP contribution in [-0.2, 0) is 9.47 Å². The molecule has 0 aliphatic heterocycles. The van der Waals surface area contributed by atoms with Gasteiger partial charge in [0.25, 0.3) is 0 Å². The van der Waals surface area contributed by atoms with Crippen molar-refractivity contribution in [1.29, 1.82) is 0 Å². The molecule has 2 aromatic carbocycles. The Balaban J connectivity index is 2.14. The highest BCUT2D eigenvalue weighted by molar-refractivity contribution is 5.89. The third-order valence-corrected chi connectivity index (χ3v) is 4.72. The van der Waals surface area contributed by atoms with Crippen LogP contribution in [0.2, 0.25) is 0 Å². The lowest BCUT2D eigenvalue weighted by molar-refractivity contribution is -0.0218. The molecule has 0 atom stereocenters. The fourth-order valence-electron chi connectivity index (χ4n) is 3.85. The highest BCUT2D eigenvalue weighted by atomic mass is 16.5. The van der Waals surface area contributed by atoms with E-state index in [1.54, 1.807) is 24.3 Å². The van der Waals surface area contributed by atoms with Gasteiger partial charge in [0.15, 0.2) is 0 Å². The average Bonchev–Trinajstić information content (AvgIpc) is 2.70. The van der Waals surface area contributed by atoms with Gasteiger partial charge in [-0.2, -0.15) is 0 Å². The number of carbonyl (C=O) groups is 2. The van der Waals surface area contributed by atoms with Gasteiger partial charge in [0.1, 0.15) is 13.2 Å². The van der Waals surface area contributed by atoms with Gasteiger partial charge in [0.2, 0.25) is 0 Å². The number of ether oxygens (including phenoxy) is 2. The second kappa shape index (κ2) is 10.8. The van der Waals surface area contributed by atoms with Crippen LogP contribution in [0.5, 0.6) is 0 Å². The number of rotatable bonds is 10. The van der Waals surface area contributed by atoms with E-state index in [0.717, 1.165) is 12.8 Å². The molecule has 0 saturated heterocycles. The number of carbonyl (C=O) groups excluding carboxylic acids is 2. The number of benzene rings is 2. The molecule has 0 spiro atoms. The summed E-state index contributed by atoms with van der Waals surface area (Å²) in [6, 6.07) is 17.9. The maximum absolute atomic E-state index is 12.5. The number of hydrogen-bond donors (Lipinski definition) is 0. The van der Waals surface area contributed by atoms with E-state index in [1.165, 1.54) is 0 Å². The molecule has 2 aromatic rings. The van der Waals surface area contributed by atoms with Crippen molar-refractivity contribution in [3.05, 3.63) is 71.8 Å². The zero-order valence-electron chi connectivity index (χ0n) is 17.9. The summed E-state index contributed by atoms with van der Waals surface area (Å²) in [5, 5.41) is 0. The van der Waals surface area contributed by atoms with Gasteiger partial charge in [0.05, 0.1) is 11.1 Å². The fraction of sp³-hybridized carbons (Fsp3) is 0.440. The molecule has 0 aliphatic carbocycles. The van der Waals surface area contributed by atoms with Crippen molar-refractivity contribution in [2.24, 2.45) is 17.3 Å². The van der Waals surface area contributed by atoms with Gasteiger partial charge in [-0.1, -0.05) is 64.1 Å². The van der Waals surface area contributed by atoms with Crippen molar-refractivity contribution in [2.45, 2.75) is 40.5 Å². The van der Waals surface area contributed by atoms with Gasteiger partial charge in [-0.05, 0) is 48.9 Å². The number of hydrogen-bond acceptors (Lipinski definition) is 4. The Kier molecular flexibility index (Phi) is 8.44. The summed E-state index contributed by atoms with van der Waals surface area (Å²) in [7, 11) is 0. The van der Waals surface area contributed by atoms with Gasteiger partial charge < -0.3 is 9.47 Å². The van der Waals surface area contributed by atoms with Crippen LogP contribution in [0, 0.1) is 17.3 Å². The molecule has 0 aromatic heterocycles. The van der Waals surface area contributed by atoms with Crippen molar-refractivity contribution >= 4 is 11.9 Å². The minimum Gasteiger partial charge on any atom is -0.461 e. The van der Waals surface area contributed by atoms with Gasteiger partial charge in [0, 0.05) is 5.41 Å². The SMILES string of the molecule is CC(C)CC(COC(=O)c1ccccc1)(COC(=O)c1ccccc1)CC(C)C. The van der Waals surface area contributed by atoms with Gasteiger partial charge in [-0.3, -0.25) is 0 Å². The van der Waals surface area contributed by atoms with Crippen LogP contribution < -0.4 is 0 Å². The smallest absolute Gasteiger partial charge is 0.338 e. The molecular formula is C25H32O4. The third-order valence-electron chi connectivity index (χ3n) is 4.72. The molecule has 0 heterocycles. The maximum atomic E-state index is 12.5. The summed E-state index contributed by atoms with van der Waals surface area (Å²) in [6.07, 6.45) is 1.60. The monoisotopic (exact) mass is 396 g/mol. The average molecular weight is 397 g/mol. The van der Waals surface area contributed by atoms with E-state index in [2.05, 4.69) is 27.7 Å². The lowest BCUT2D eigenvalue weighted by Gasteiger charge is -2.35. The van der Waals surface area contributed by atoms with Crippen molar-refractivity contribution in [2.75, 3.05) is 13.2 Å². The second-order valence-corrected chi connectivity index (χ2v) is 8.58. The molecule has 0 radical (unpaired) electrons. The Bertz CT molecular complexity index is 698. The van der Waals surface area contributed by atoms with Crippen LogP contribution in [0.25, 0.3) is 0 Å². The second-order valence-electron chi connectivity index (χ2n) is 8.58. The van der Waals surface area contributed by atoms with E-state index in [9.17, 15) is 9.59 Å². The zero-order chi connectivity index (χ0) is 21.3. The first kappa shape index (κ1) is 22.7. The minimum atomic E-state index is -0.419. The quantitative estimate of drug-likeness (QED) is 0.478. The molecule has 4 nitrogen and oxygen atoms in total. The molecule has 0 N–H and O–H groups in total. The Morgan fingerprint density at radius 3 is 1.34 bits per heavy atom. The van der Waals surface area contributed by atoms with Crippen LogP contribution in [0.3, 0.4) is 0 Å². The summed E-state index contributed by atoms with van der Waals surface area (Å²) in [5.41, 5.74) is 0.630. The highest BCUT2D eigenvalue weighted by Crippen LogP contribution is 2.35. The van der Waals surface area contributed by atoms with Gasteiger partial charge in [-0.15, -0.1) is 0 Å². The Morgan fingerprint density at radius 1 is 0.690 bits per heavy atom. The van der Waals surface area contributed by atoms with Crippen LogP contribution in [0.15, 0.2) is 60.7 Å². The molecular weight excluding hydrogens is 364 g/mol. The molecule has 0 unspecified atom stereocenters. The maximum Gasteiger partial charge on any atom is 0.338 e. The molecule has 2 rings (SSSR count). The van der Waals surface area contributed by atoms with E-state index in [0.29, 0.717) is 23.0 Å². The standard InChI is InChI=1S/C25H32O4/c1-19(2)15-25(16-20(3)4,17-28-23(26)21-11-7-5-8-12-21)18-29-24(27)22-13-9-6-10-14-22/h5-14,19-20H,15-18H2,1-4H3. The summed E-state index contributed by atoms with van der Waals surface area (Å²) in [4.78, 5) is 25.0. The lowest BCUT2D eigenvalue weighted by Crippen LogP contribution is -2.37. The Hall–Kier alpha value is -2.62. The van der Waals surface area contributed by atoms with Crippen molar-refractivity contribution in [3.63, 3.8) is 0 Å². The first-order chi connectivity index (χ1) is 13.8. The Morgan fingerprint density at radius 2 is 1.03 bits per heavy atom. The summed E-state index contributed by atoms with van der Waals surface area (Å²) in [5.74, 6) is 0.0490. The van der Waals surface area contributed by atoms with Crippen LogP contribution in [0.4, 0.5) is 0 Å². The van der Waals surface area contributed by atoms with E-state index in [4.69, 9.17) is 9.47 Å². The molecule has 0 amide bonds. The Labute approximate surface area is 174 Å². The topological polar surface area (TPSA) is 52.6 Å². The summed E-state index contributed by atoms with van der Waals surface area (Å²) >= 11 is 0. The first-order valence-electron chi connectivity index (χ1n) is 10.3. The highest BCUT2D eigenvalue weighted by Gasteiger charge is 2.35. The molecule has 0 aliphatic rings. The van der Waals surface area contributed by atoms with Crippen molar-refractivity contribution in [3.8, 4) is 0 Å². The molecule has 4 heteroatoms. The van der Waals surface area contributed by atoms with E-state index < -0.39 is 5.41 Å². The summed E-state index contributed by atoms with van der Waals surface area (Å²) < 4.78 is 11.4. The summed E-state index contributed by atoms with van der Waals surface area (Å²) in [6.45, 7) is 8.97. The van der Waals surface area contributed by atoms with Gasteiger partial charge >= 0.3 is 11.9 Å². The van der Waals surface area contributed by atoms with E-state index in [-0.39, 0.29) is 25.2 Å². The molecule has 29 heavy (non-hydrogen) atoms. The predicted octanol–water partition coefficient (Wildman–Crippen LogP) is 5.78. The zero-order valence-corrected chi connectivity index (χ0v) is 17.9. The van der Waals surface area contributed by atoms with Crippen LogP contribution in [-0.4, -0.2) is 25.2 Å². The fourth-order valence-corrected chi connectivity index (χ4v) is 3.85. The van der Waals surface area contributed by atoms with Crippen LogP contribution >= 0.6 is 0 Å². The van der Waals surface area contributed by atoms with Crippen molar-refractivity contribution < 1.29 is 19.1 Å². The number of esters is 2. The normalized spacial score (nSPS) is 11.5. The van der Waals surface area contributed by atoms with Gasteiger partial charge in [-0.25, -0.2) is 9.59 Å². The van der Waals surface area contributed by atoms with E-state index in [1.807, 2.05) is 36.4 Å². The molecule has 0 fully saturated rings. The first-order valence-corrected chi connectivity index (χ1v) is 10.3. The lowest BCUT2D eigenvalue weighted by atomic mass is 9.75. The van der Waals surface area contributed by atoms with Crippen molar-refractivity contribution in [1.82, 2.24) is 0 Å². The predicted molar refractivity (Wildman–Crippen MR) is 115 cm³/mol. The van der Waals surface area contributed by atoms with Crippen LogP contribution in [0.1, 0.15) is 61.3 Å². The minimum absolute atomic E-state index is 0.221. The largest absolute Gasteiger partial charge is 0.461 e.